The van der Waals surface area contributed by atoms with Crippen molar-refractivity contribution in [1.29, 1.82) is 0 Å². The zero-order valence-corrected chi connectivity index (χ0v) is 17.9. The predicted octanol–water partition coefficient (Wildman–Crippen LogP) is 3.10. The van der Waals surface area contributed by atoms with Crippen LogP contribution >= 0.6 is 24.0 Å². The Labute approximate surface area is 164 Å². The molecule has 0 rings (SSSR count). The van der Waals surface area contributed by atoms with Gasteiger partial charge in [0, 0.05) is 39.8 Å². The Morgan fingerprint density at radius 2 is 1.54 bits per heavy atom. The Hall–Kier alpha value is -0.570. The molecule has 0 saturated carbocycles. The maximum atomic E-state index is 11.2. The van der Waals surface area contributed by atoms with Crippen LogP contribution < -0.4 is 10.6 Å². The molecule has 0 heterocycles. The summed E-state index contributed by atoms with van der Waals surface area (Å²) in [4.78, 5) is 15.4. The third-order valence-electron chi connectivity index (χ3n) is 3.34. The molecule has 7 heteroatoms. The van der Waals surface area contributed by atoms with Gasteiger partial charge in [-0.15, -0.1) is 24.0 Å². The molecule has 0 amide bonds. The molecule has 0 aromatic carbocycles. The van der Waals surface area contributed by atoms with Gasteiger partial charge in [0.1, 0.15) is 0 Å². The van der Waals surface area contributed by atoms with E-state index in [1.54, 1.807) is 7.05 Å². The summed E-state index contributed by atoms with van der Waals surface area (Å²) in [6.07, 6.45) is 6.83. The lowest BCUT2D eigenvalue weighted by Gasteiger charge is -2.11. The van der Waals surface area contributed by atoms with Crippen molar-refractivity contribution in [3.8, 4) is 0 Å². The number of nitrogens with zero attached hydrogens (tertiary/aromatic N) is 1. The van der Waals surface area contributed by atoms with Gasteiger partial charge in [0.25, 0.3) is 0 Å². The molecule has 0 aliphatic carbocycles. The highest BCUT2D eigenvalue weighted by Gasteiger charge is 2.01. The zero-order chi connectivity index (χ0) is 17.2. The molecule has 24 heavy (non-hydrogen) atoms. The molecule has 0 saturated heterocycles. The molecular weight excluding hydrogens is 421 g/mol. The monoisotopic (exact) mass is 457 g/mol. The molecule has 0 radical (unpaired) electrons. The van der Waals surface area contributed by atoms with Crippen molar-refractivity contribution in [2.75, 3.05) is 40.0 Å². The van der Waals surface area contributed by atoms with E-state index >= 15 is 0 Å². The van der Waals surface area contributed by atoms with Crippen molar-refractivity contribution < 1.29 is 14.3 Å². The number of hydrogen-bond donors (Lipinski definition) is 2. The van der Waals surface area contributed by atoms with Crippen molar-refractivity contribution in [2.24, 2.45) is 4.99 Å². The number of esters is 1. The van der Waals surface area contributed by atoms with Crippen molar-refractivity contribution >= 4 is 35.9 Å². The minimum Gasteiger partial charge on any atom is -0.466 e. The summed E-state index contributed by atoms with van der Waals surface area (Å²) >= 11 is 0. The normalized spacial score (nSPS) is 10.9. The molecule has 6 nitrogen and oxygen atoms in total. The maximum absolute atomic E-state index is 11.2. The van der Waals surface area contributed by atoms with Crippen molar-refractivity contribution in [1.82, 2.24) is 10.6 Å². The molecule has 0 aliphatic heterocycles. The third-order valence-corrected chi connectivity index (χ3v) is 3.34. The van der Waals surface area contributed by atoms with Crippen LogP contribution in [0.1, 0.15) is 58.8 Å². The number of halogens is 1. The zero-order valence-electron chi connectivity index (χ0n) is 15.6. The molecule has 0 bridgehead atoms. The lowest BCUT2D eigenvalue weighted by Crippen LogP contribution is -2.38. The number of aliphatic imine (C=N–C) groups is 1. The largest absolute Gasteiger partial charge is 0.466 e. The van der Waals surface area contributed by atoms with Crippen LogP contribution in [-0.2, 0) is 14.3 Å². The number of rotatable bonds is 14. The van der Waals surface area contributed by atoms with Gasteiger partial charge in [-0.25, -0.2) is 0 Å². The Balaban J connectivity index is 0. The van der Waals surface area contributed by atoms with Crippen LogP contribution in [0, 0.1) is 0 Å². The fourth-order valence-corrected chi connectivity index (χ4v) is 2.09. The topological polar surface area (TPSA) is 72.0 Å². The van der Waals surface area contributed by atoms with Crippen LogP contribution in [0.15, 0.2) is 4.99 Å². The average molecular weight is 457 g/mol. The van der Waals surface area contributed by atoms with Crippen LogP contribution in [0.25, 0.3) is 0 Å². The molecule has 0 aromatic rings. The van der Waals surface area contributed by atoms with Gasteiger partial charge in [0.05, 0.1) is 6.61 Å². The molecular formula is C17H36IN3O3. The summed E-state index contributed by atoms with van der Waals surface area (Å²) in [6, 6.07) is 0. The van der Waals surface area contributed by atoms with Gasteiger partial charge in [0.15, 0.2) is 5.96 Å². The van der Waals surface area contributed by atoms with E-state index in [1.165, 1.54) is 0 Å². The number of nitrogens with one attached hydrogen (secondary N) is 2. The smallest absolute Gasteiger partial charge is 0.305 e. The Kier molecular flexibility index (Phi) is 21.9. The molecule has 0 unspecified atom stereocenters. The second kappa shape index (κ2) is 20.5. The maximum Gasteiger partial charge on any atom is 0.305 e. The Morgan fingerprint density at radius 3 is 2.12 bits per heavy atom. The highest BCUT2D eigenvalue weighted by atomic mass is 127. The van der Waals surface area contributed by atoms with Crippen LogP contribution in [0.2, 0.25) is 0 Å². The third kappa shape index (κ3) is 17.8. The number of ether oxygens (including phenoxy) is 2. The van der Waals surface area contributed by atoms with Crippen LogP contribution in [0.5, 0.6) is 0 Å². The van der Waals surface area contributed by atoms with Crippen molar-refractivity contribution in [3.63, 3.8) is 0 Å². The average Bonchev–Trinajstić information content (AvgIpc) is 2.55. The van der Waals surface area contributed by atoms with Crippen LogP contribution in [-0.4, -0.2) is 51.9 Å². The summed E-state index contributed by atoms with van der Waals surface area (Å²) in [6.45, 7) is 7.75. The van der Waals surface area contributed by atoms with Gasteiger partial charge in [-0.2, -0.15) is 0 Å². The van der Waals surface area contributed by atoms with E-state index in [4.69, 9.17) is 9.47 Å². The van der Waals surface area contributed by atoms with E-state index < -0.39 is 0 Å². The molecule has 0 aromatic heterocycles. The van der Waals surface area contributed by atoms with E-state index in [0.717, 1.165) is 70.8 Å². The van der Waals surface area contributed by atoms with Gasteiger partial charge < -0.3 is 20.1 Å². The quantitative estimate of drug-likeness (QED) is 0.138. The fraction of sp³-hybridized carbons (Fsp3) is 0.882. The van der Waals surface area contributed by atoms with Gasteiger partial charge in [-0.3, -0.25) is 9.79 Å². The Morgan fingerprint density at radius 1 is 0.917 bits per heavy atom. The Bertz CT molecular complexity index is 315. The first-order valence-corrected chi connectivity index (χ1v) is 8.92. The van der Waals surface area contributed by atoms with E-state index in [0.29, 0.717) is 13.0 Å². The SMILES string of the molecule is CCOCCCCNC(=NC)NCCCCCCC(=O)OCC.I. The molecule has 0 fully saturated rings. The van der Waals surface area contributed by atoms with Gasteiger partial charge in [0.2, 0.25) is 0 Å². The second-order valence-electron chi connectivity index (χ2n) is 5.30. The summed E-state index contributed by atoms with van der Waals surface area (Å²) in [7, 11) is 1.79. The van der Waals surface area contributed by atoms with E-state index in [2.05, 4.69) is 15.6 Å². The van der Waals surface area contributed by atoms with E-state index in [1.807, 2.05) is 13.8 Å². The molecule has 0 spiro atoms. The number of carbonyl (C=O) groups excluding carboxylic acids is 1. The molecule has 0 atom stereocenters. The second-order valence-corrected chi connectivity index (χ2v) is 5.30. The van der Waals surface area contributed by atoms with E-state index in [9.17, 15) is 4.79 Å². The molecule has 2 N–H and O–H groups in total. The lowest BCUT2D eigenvalue weighted by atomic mass is 10.1. The standard InChI is InChI=1S/C17H35N3O3.HI/c1-4-22-15-11-10-14-20-17(18-3)19-13-9-7-6-8-12-16(21)23-5-2;/h4-15H2,1-3H3,(H2,18,19,20);1H. The summed E-state index contributed by atoms with van der Waals surface area (Å²) in [5, 5.41) is 6.61. The summed E-state index contributed by atoms with van der Waals surface area (Å²) < 4.78 is 10.2. The lowest BCUT2D eigenvalue weighted by molar-refractivity contribution is -0.143. The number of carbonyl (C=O) groups is 1. The predicted molar refractivity (Wildman–Crippen MR) is 110 cm³/mol. The first-order valence-electron chi connectivity index (χ1n) is 8.92. The fourth-order valence-electron chi connectivity index (χ4n) is 2.09. The van der Waals surface area contributed by atoms with Gasteiger partial charge >= 0.3 is 5.97 Å². The summed E-state index contributed by atoms with van der Waals surface area (Å²) in [5.41, 5.74) is 0. The number of hydrogen-bond acceptors (Lipinski definition) is 4. The minimum absolute atomic E-state index is 0. The number of guanidine groups is 1. The first kappa shape index (κ1) is 25.7. The van der Waals surface area contributed by atoms with Gasteiger partial charge in [-0.05, 0) is 39.5 Å². The minimum atomic E-state index is -0.0837. The van der Waals surface area contributed by atoms with Crippen LogP contribution in [0.4, 0.5) is 0 Å². The van der Waals surface area contributed by atoms with Crippen molar-refractivity contribution in [3.05, 3.63) is 0 Å². The van der Waals surface area contributed by atoms with Crippen LogP contribution in [0.3, 0.4) is 0 Å². The highest BCUT2D eigenvalue weighted by Crippen LogP contribution is 2.03. The highest BCUT2D eigenvalue weighted by molar-refractivity contribution is 14.0. The number of unbranched alkanes of at least 4 members (excludes halogenated alkanes) is 4. The van der Waals surface area contributed by atoms with E-state index in [-0.39, 0.29) is 29.9 Å². The summed E-state index contributed by atoms with van der Waals surface area (Å²) in [5.74, 6) is 0.771. The molecule has 0 aliphatic rings. The first-order chi connectivity index (χ1) is 11.2. The van der Waals surface area contributed by atoms with Gasteiger partial charge in [-0.1, -0.05) is 12.8 Å². The van der Waals surface area contributed by atoms with Crippen molar-refractivity contribution in [2.45, 2.75) is 58.8 Å². The molecule has 144 valence electrons.